The number of hydrogen-bond donors (Lipinski definition) is 0. The first kappa shape index (κ1) is 11.0. The fraction of sp³-hybridized carbons (Fsp3) is 0.462. The van der Waals surface area contributed by atoms with Crippen LogP contribution in [0.15, 0.2) is 12.1 Å². The SMILES string of the molecule is Cc1cc(C)c(C)c(C(C)CC=O)c1. The number of benzene rings is 1. The summed E-state index contributed by atoms with van der Waals surface area (Å²) in [7, 11) is 0. The molecule has 0 aliphatic heterocycles. The van der Waals surface area contributed by atoms with E-state index in [1.165, 1.54) is 22.3 Å². The van der Waals surface area contributed by atoms with Gasteiger partial charge in [0.2, 0.25) is 0 Å². The standard InChI is InChI=1S/C13H18O/c1-9-7-11(3)12(4)13(8-9)10(2)5-6-14/h6-8,10H,5H2,1-4H3. The van der Waals surface area contributed by atoms with Crippen molar-refractivity contribution in [3.05, 3.63) is 34.4 Å². The van der Waals surface area contributed by atoms with Gasteiger partial charge in [0.15, 0.2) is 0 Å². The first-order valence-corrected chi connectivity index (χ1v) is 5.07. The minimum Gasteiger partial charge on any atom is -0.303 e. The maximum absolute atomic E-state index is 10.5. The maximum atomic E-state index is 10.5. The number of carbonyl (C=O) groups is 1. The Hall–Kier alpha value is -1.11. The molecule has 1 rings (SSSR count). The molecule has 0 spiro atoms. The van der Waals surface area contributed by atoms with E-state index < -0.39 is 0 Å². The van der Waals surface area contributed by atoms with E-state index in [0.29, 0.717) is 12.3 Å². The van der Waals surface area contributed by atoms with E-state index in [1.54, 1.807) is 0 Å². The molecule has 14 heavy (non-hydrogen) atoms. The maximum Gasteiger partial charge on any atom is 0.120 e. The van der Waals surface area contributed by atoms with Crippen molar-refractivity contribution in [1.82, 2.24) is 0 Å². The van der Waals surface area contributed by atoms with Crippen LogP contribution in [-0.4, -0.2) is 6.29 Å². The van der Waals surface area contributed by atoms with Crippen LogP contribution in [0, 0.1) is 20.8 Å². The Kier molecular flexibility index (Phi) is 3.45. The lowest BCUT2D eigenvalue weighted by atomic mass is 9.90. The molecule has 0 bridgehead atoms. The lowest BCUT2D eigenvalue weighted by Gasteiger charge is -2.15. The normalized spacial score (nSPS) is 12.6. The van der Waals surface area contributed by atoms with E-state index in [4.69, 9.17) is 0 Å². The van der Waals surface area contributed by atoms with E-state index in [1.807, 2.05) is 0 Å². The number of aryl methyl sites for hydroxylation is 2. The van der Waals surface area contributed by atoms with Crippen LogP contribution >= 0.6 is 0 Å². The van der Waals surface area contributed by atoms with Crippen LogP contribution in [0.3, 0.4) is 0 Å². The highest BCUT2D eigenvalue weighted by Crippen LogP contribution is 2.25. The van der Waals surface area contributed by atoms with Crippen LogP contribution in [0.2, 0.25) is 0 Å². The number of hydrogen-bond acceptors (Lipinski definition) is 1. The van der Waals surface area contributed by atoms with Gasteiger partial charge in [0.05, 0.1) is 0 Å². The number of aldehydes is 1. The predicted molar refractivity (Wildman–Crippen MR) is 59.7 cm³/mol. The van der Waals surface area contributed by atoms with Crippen LogP contribution in [0.25, 0.3) is 0 Å². The molecule has 1 aromatic carbocycles. The zero-order valence-electron chi connectivity index (χ0n) is 9.42. The summed E-state index contributed by atoms with van der Waals surface area (Å²) in [5, 5.41) is 0. The summed E-state index contributed by atoms with van der Waals surface area (Å²) in [4.78, 5) is 10.5. The van der Waals surface area contributed by atoms with Gasteiger partial charge in [-0.2, -0.15) is 0 Å². The quantitative estimate of drug-likeness (QED) is 0.668. The zero-order chi connectivity index (χ0) is 10.7. The summed E-state index contributed by atoms with van der Waals surface area (Å²) < 4.78 is 0. The Morgan fingerprint density at radius 2 is 1.93 bits per heavy atom. The molecule has 0 fully saturated rings. The Morgan fingerprint density at radius 3 is 2.50 bits per heavy atom. The third-order valence-electron chi connectivity index (χ3n) is 2.83. The smallest absolute Gasteiger partial charge is 0.120 e. The molecular formula is C13H18O. The highest BCUT2D eigenvalue weighted by atomic mass is 16.1. The second-order valence-corrected chi connectivity index (χ2v) is 4.10. The third-order valence-corrected chi connectivity index (χ3v) is 2.83. The van der Waals surface area contributed by atoms with Crippen LogP contribution in [0.5, 0.6) is 0 Å². The number of carbonyl (C=O) groups excluding carboxylic acids is 1. The summed E-state index contributed by atoms with van der Waals surface area (Å²) in [6.07, 6.45) is 1.62. The van der Waals surface area contributed by atoms with E-state index in [9.17, 15) is 4.79 Å². The van der Waals surface area contributed by atoms with Crippen molar-refractivity contribution in [1.29, 1.82) is 0 Å². The van der Waals surface area contributed by atoms with E-state index in [0.717, 1.165) is 6.29 Å². The molecule has 1 unspecified atom stereocenters. The Labute approximate surface area is 86.1 Å². The molecule has 0 saturated carbocycles. The lowest BCUT2D eigenvalue weighted by Crippen LogP contribution is -2.00. The Bertz CT molecular complexity index is 339. The van der Waals surface area contributed by atoms with Gasteiger partial charge in [-0.05, 0) is 43.4 Å². The summed E-state index contributed by atoms with van der Waals surface area (Å²) in [6.45, 7) is 8.46. The van der Waals surface area contributed by atoms with Crippen molar-refractivity contribution in [3.63, 3.8) is 0 Å². The third kappa shape index (κ3) is 2.22. The fourth-order valence-electron chi connectivity index (χ4n) is 1.86. The van der Waals surface area contributed by atoms with Crippen molar-refractivity contribution < 1.29 is 4.79 Å². The Morgan fingerprint density at radius 1 is 1.29 bits per heavy atom. The van der Waals surface area contributed by atoms with Gasteiger partial charge in [-0.1, -0.05) is 24.6 Å². The fourth-order valence-corrected chi connectivity index (χ4v) is 1.86. The molecule has 1 nitrogen and oxygen atoms in total. The van der Waals surface area contributed by atoms with Gasteiger partial charge >= 0.3 is 0 Å². The van der Waals surface area contributed by atoms with Gasteiger partial charge in [0, 0.05) is 6.42 Å². The summed E-state index contributed by atoms with van der Waals surface area (Å²) in [6, 6.07) is 4.38. The first-order valence-electron chi connectivity index (χ1n) is 5.07. The molecule has 76 valence electrons. The average Bonchev–Trinajstić information content (AvgIpc) is 2.11. The molecule has 1 heteroatoms. The highest BCUT2D eigenvalue weighted by Gasteiger charge is 2.09. The molecule has 0 radical (unpaired) electrons. The van der Waals surface area contributed by atoms with Gasteiger partial charge in [-0.25, -0.2) is 0 Å². The van der Waals surface area contributed by atoms with Gasteiger partial charge in [0.1, 0.15) is 6.29 Å². The van der Waals surface area contributed by atoms with Gasteiger partial charge in [0.25, 0.3) is 0 Å². The largest absolute Gasteiger partial charge is 0.303 e. The molecule has 0 amide bonds. The van der Waals surface area contributed by atoms with Crippen molar-refractivity contribution in [2.75, 3.05) is 0 Å². The molecule has 1 atom stereocenters. The van der Waals surface area contributed by atoms with Crippen LogP contribution < -0.4 is 0 Å². The topological polar surface area (TPSA) is 17.1 Å². The number of rotatable bonds is 3. The van der Waals surface area contributed by atoms with Crippen molar-refractivity contribution in [2.45, 2.75) is 40.0 Å². The van der Waals surface area contributed by atoms with Crippen LogP contribution in [-0.2, 0) is 4.79 Å². The summed E-state index contributed by atoms with van der Waals surface area (Å²) in [5.41, 5.74) is 5.23. The van der Waals surface area contributed by atoms with Crippen molar-refractivity contribution in [3.8, 4) is 0 Å². The first-order chi connectivity index (χ1) is 6.56. The monoisotopic (exact) mass is 190 g/mol. The molecule has 0 aromatic heterocycles. The van der Waals surface area contributed by atoms with Gasteiger partial charge in [-0.3, -0.25) is 0 Å². The van der Waals surface area contributed by atoms with Gasteiger partial charge in [-0.15, -0.1) is 0 Å². The Balaban J connectivity index is 3.12. The van der Waals surface area contributed by atoms with Gasteiger partial charge < -0.3 is 4.79 Å². The van der Waals surface area contributed by atoms with E-state index in [-0.39, 0.29) is 0 Å². The molecule has 0 N–H and O–H groups in total. The second-order valence-electron chi connectivity index (χ2n) is 4.10. The average molecular weight is 190 g/mol. The molecule has 0 aliphatic carbocycles. The highest BCUT2D eigenvalue weighted by molar-refractivity contribution is 5.52. The lowest BCUT2D eigenvalue weighted by molar-refractivity contribution is -0.108. The molecule has 1 aromatic rings. The van der Waals surface area contributed by atoms with E-state index in [2.05, 4.69) is 39.8 Å². The second kappa shape index (κ2) is 4.41. The minimum atomic E-state index is 0.339. The van der Waals surface area contributed by atoms with Crippen molar-refractivity contribution in [2.24, 2.45) is 0 Å². The molecule has 0 aliphatic rings. The van der Waals surface area contributed by atoms with Crippen LogP contribution in [0.4, 0.5) is 0 Å². The van der Waals surface area contributed by atoms with Crippen molar-refractivity contribution >= 4 is 6.29 Å². The van der Waals surface area contributed by atoms with E-state index >= 15 is 0 Å². The summed E-state index contributed by atoms with van der Waals surface area (Å²) >= 11 is 0. The molecular weight excluding hydrogens is 172 g/mol. The van der Waals surface area contributed by atoms with Crippen LogP contribution in [0.1, 0.15) is 41.5 Å². The summed E-state index contributed by atoms with van der Waals surface area (Å²) in [5.74, 6) is 0.339. The molecule has 0 saturated heterocycles. The predicted octanol–water partition coefficient (Wildman–Crippen LogP) is 3.30. The minimum absolute atomic E-state index is 0.339. The molecule has 0 heterocycles. The zero-order valence-corrected chi connectivity index (χ0v) is 9.42.